The third kappa shape index (κ3) is 3.55. The number of alkyl halides is 4. The number of nitrogens with one attached hydrogen (secondary N) is 1. The van der Waals surface area contributed by atoms with E-state index in [1.807, 2.05) is 0 Å². The van der Waals surface area contributed by atoms with E-state index in [-0.39, 0.29) is 37.2 Å². The predicted molar refractivity (Wildman–Crippen MR) is 100 cm³/mol. The van der Waals surface area contributed by atoms with Crippen LogP contribution < -0.4 is 5.32 Å². The Morgan fingerprint density at radius 2 is 1.80 bits per heavy atom. The number of hydrogen-bond donors (Lipinski definition) is 2. The van der Waals surface area contributed by atoms with E-state index in [0.717, 1.165) is 12.8 Å². The lowest BCUT2D eigenvalue weighted by Gasteiger charge is -2.38. The maximum atomic E-state index is 15.0. The number of carbonyl (C=O) groups is 1. The molecule has 3 aliphatic rings. The summed E-state index contributed by atoms with van der Waals surface area (Å²) in [6, 6.07) is -0.997. The lowest BCUT2D eigenvalue weighted by atomic mass is 9.73. The van der Waals surface area contributed by atoms with Crippen LogP contribution in [0.5, 0.6) is 5.75 Å². The Bertz CT molecular complexity index is 858. The highest BCUT2D eigenvalue weighted by atomic mass is 35.5. The highest BCUT2D eigenvalue weighted by Gasteiger charge is 2.60. The molecular weight excluding hydrogens is 429 g/mol. The summed E-state index contributed by atoms with van der Waals surface area (Å²) < 4.78 is 70.4. The maximum Gasteiger partial charge on any atom is 0.417 e. The van der Waals surface area contributed by atoms with Crippen LogP contribution in [0.4, 0.5) is 22.0 Å². The van der Waals surface area contributed by atoms with Gasteiger partial charge in [-0.3, -0.25) is 4.79 Å². The summed E-state index contributed by atoms with van der Waals surface area (Å²) >= 11 is 6.04. The highest BCUT2D eigenvalue weighted by molar-refractivity contribution is 6.32. The third-order valence-electron chi connectivity index (χ3n) is 7.25. The average Bonchev–Trinajstić information content (AvgIpc) is 3.38. The molecule has 1 aromatic carbocycles. The molecule has 4 rings (SSSR count). The van der Waals surface area contributed by atoms with Crippen molar-refractivity contribution in [1.82, 2.24) is 5.32 Å². The van der Waals surface area contributed by atoms with Gasteiger partial charge in [-0.1, -0.05) is 24.4 Å². The van der Waals surface area contributed by atoms with E-state index in [1.54, 1.807) is 0 Å². The predicted octanol–water partition coefficient (Wildman–Crippen LogP) is 6.22. The molecule has 0 aliphatic heterocycles. The molecule has 9 heteroatoms. The third-order valence-corrected chi connectivity index (χ3v) is 7.65. The molecule has 3 aliphatic carbocycles. The molecule has 166 valence electrons. The summed E-state index contributed by atoms with van der Waals surface area (Å²) in [7, 11) is 0. The second kappa shape index (κ2) is 7.24. The standard InChI is InChI=1S/C21H23ClF5NO2/c22-15-12(21(25,26)27)9-13(29)16(23)14(15)17(28-18(30)11-3-1-2-4-11)19-5-7-20(24,10-19)8-6-19/h9,11,17,29H,1-8,10H2,(H,28,30). The van der Waals surface area contributed by atoms with Gasteiger partial charge >= 0.3 is 6.18 Å². The van der Waals surface area contributed by atoms with Crippen molar-refractivity contribution in [1.29, 1.82) is 0 Å². The molecule has 0 spiro atoms. The Morgan fingerprint density at radius 1 is 1.20 bits per heavy atom. The van der Waals surface area contributed by atoms with E-state index in [4.69, 9.17) is 11.6 Å². The molecule has 1 atom stereocenters. The van der Waals surface area contributed by atoms with Crippen LogP contribution in [-0.4, -0.2) is 16.7 Å². The van der Waals surface area contributed by atoms with Crippen LogP contribution in [0, 0.1) is 17.2 Å². The summed E-state index contributed by atoms with van der Waals surface area (Å²) in [4.78, 5) is 12.9. The Morgan fingerprint density at radius 3 is 2.30 bits per heavy atom. The number of benzene rings is 1. The molecule has 3 nitrogen and oxygen atoms in total. The minimum Gasteiger partial charge on any atom is -0.505 e. The summed E-state index contributed by atoms with van der Waals surface area (Å²) in [6.45, 7) is 0. The van der Waals surface area contributed by atoms with Crippen LogP contribution in [-0.2, 0) is 11.0 Å². The molecule has 3 fully saturated rings. The fraction of sp³-hybridized carbons (Fsp3) is 0.667. The number of phenolic OH excluding ortho intramolecular Hbond substituents is 1. The fourth-order valence-electron chi connectivity index (χ4n) is 5.65. The zero-order chi connectivity index (χ0) is 21.9. The van der Waals surface area contributed by atoms with Gasteiger partial charge in [-0.15, -0.1) is 0 Å². The zero-order valence-electron chi connectivity index (χ0n) is 16.2. The number of halogens is 6. The summed E-state index contributed by atoms with van der Waals surface area (Å²) in [5, 5.41) is 11.7. The Hall–Kier alpha value is -1.57. The molecule has 1 unspecified atom stereocenters. The van der Waals surface area contributed by atoms with Crippen molar-refractivity contribution in [2.24, 2.45) is 11.3 Å². The maximum absolute atomic E-state index is 15.0. The van der Waals surface area contributed by atoms with Gasteiger partial charge in [-0.05, 0) is 56.4 Å². The molecule has 1 aromatic rings. The Balaban J connectivity index is 1.82. The van der Waals surface area contributed by atoms with Crippen molar-refractivity contribution in [3.05, 3.63) is 28.0 Å². The van der Waals surface area contributed by atoms with Crippen LogP contribution in [0.15, 0.2) is 6.07 Å². The minimum absolute atomic E-state index is 0.0163. The van der Waals surface area contributed by atoms with E-state index in [0.29, 0.717) is 25.7 Å². The second-order valence-corrected chi connectivity index (χ2v) is 9.47. The van der Waals surface area contributed by atoms with Crippen LogP contribution in [0.25, 0.3) is 0 Å². The van der Waals surface area contributed by atoms with Crippen LogP contribution in [0.3, 0.4) is 0 Å². The summed E-state index contributed by atoms with van der Waals surface area (Å²) in [5.41, 5.74) is -4.38. The number of aromatic hydroxyl groups is 1. The molecule has 1 amide bonds. The van der Waals surface area contributed by atoms with E-state index in [9.17, 15) is 27.5 Å². The number of amides is 1. The van der Waals surface area contributed by atoms with Crippen molar-refractivity contribution in [2.75, 3.05) is 0 Å². The molecule has 2 N–H and O–H groups in total. The lowest BCUT2D eigenvalue weighted by Crippen LogP contribution is -2.42. The monoisotopic (exact) mass is 451 g/mol. The van der Waals surface area contributed by atoms with Gasteiger partial charge < -0.3 is 10.4 Å². The molecule has 0 radical (unpaired) electrons. The molecule has 30 heavy (non-hydrogen) atoms. The molecule has 0 heterocycles. The first kappa shape index (κ1) is 21.7. The smallest absolute Gasteiger partial charge is 0.417 e. The van der Waals surface area contributed by atoms with Gasteiger partial charge in [0.05, 0.1) is 16.6 Å². The van der Waals surface area contributed by atoms with Crippen LogP contribution in [0.1, 0.15) is 75.0 Å². The van der Waals surface area contributed by atoms with Crippen molar-refractivity contribution in [3.8, 4) is 5.75 Å². The molecule has 3 saturated carbocycles. The number of phenols is 1. The normalized spacial score (nSPS) is 30.1. The van der Waals surface area contributed by atoms with Crippen LogP contribution in [0.2, 0.25) is 5.02 Å². The Labute approximate surface area is 176 Å². The van der Waals surface area contributed by atoms with Gasteiger partial charge in [0.2, 0.25) is 5.91 Å². The van der Waals surface area contributed by atoms with Gasteiger partial charge in [0.1, 0.15) is 5.67 Å². The van der Waals surface area contributed by atoms with Crippen molar-refractivity contribution in [2.45, 2.75) is 75.7 Å². The highest BCUT2D eigenvalue weighted by Crippen LogP contribution is 2.64. The van der Waals surface area contributed by atoms with E-state index in [1.165, 1.54) is 0 Å². The van der Waals surface area contributed by atoms with E-state index >= 15 is 4.39 Å². The topological polar surface area (TPSA) is 49.3 Å². The summed E-state index contributed by atoms with van der Waals surface area (Å²) in [6.07, 6.45) is -0.906. The van der Waals surface area contributed by atoms with Crippen molar-refractivity contribution in [3.63, 3.8) is 0 Å². The molecule has 0 saturated heterocycles. The van der Waals surface area contributed by atoms with E-state index < -0.39 is 51.0 Å². The second-order valence-electron chi connectivity index (χ2n) is 9.10. The number of hydrogen-bond acceptors (Lipinski definition) is 2. The summed E-state index contributed by atoms with van der Waals surface area (Å²) in [5.74, 6) is -3.20. The van der Waals surface area contributed by atoms with Gasteiger partial charge in [-0.25, -0.2) is 8.78 Å². The molecule has 2 bridgehead atoms. The minimum atomic E-state index is -4.93. The fourth-order valence-corrected chi connectivity index (χ4v) is 6.01. The molecular formula is C21H23ClF5NO2. The first-order valence-electron chi connectivity index (χ1n) is 10.2. The first-order valence-corrected chi connectivity index (χ1v) is 10.6. The van der Waals surface area contributed by atoms with Crippen molar-refractivity contribution >= 4 is 17.5 Å². The van der Waals surface area contributed by atoms with Gasteiger partial charge in [0.15, 0.2) is 11.6 Å². The number of fused-ring (bicyclic) bond motifs is 2. The zero-order valence-corrected chi connectivity index (χ0v) is 17.0. The van der Waals surface area contributed by atoms with Crippen LogP contribution >= 0.6 is 11.6 Å². The van der Waals surface area contributed by atoms with E-state index in [2.05, 4.69) is 5.32 Å². The first-order chi connectivity index (χ1) is 14.0. The number of carbonyl (C=O) groups excluding carboxylic acids is 1. The largest absolute Gasteiger partial charge is 0.505 e. The van der Waals surface area contributed by atoms with Crippen molar-refractivity contribution < 1.29 is 31.9 Å². The Kier molecular flexibility index (Phi) is 5.23. The molecule has 0 aromatic heterocycles. The van der Waals surface area contributed by atoms with Gasteiger partial charge in [0, 0.05) is 11.5 Å². The average molecular weight is 452 g/mol. The van der Waals surface area contributed by atoms with Gasteiger partial charge in [0.25, 0.3) is 0 Å². The SMILES string of the molecule is O=C(NC(c1c(F)c(O)cc(C(F)(F)F)c1Cl)C12CCC(F)(CC1)C2)C1CCCC1. The quantitative estimate of drug-likeness (QED) is 0.534. The lowest BCUT2D eigenvalue weighted by molar-refractivity contribution is -0.137. The van der Waals surface area contributed by atoms with Gasteiger partial charge in [-0.2, -0.15) is 13.2 Å². The number of rotatable bonds is 4.